The van der Waals surface area contributed by atoms with Crippen molar-refractivity contribution in [2.45, 2.75) is 25.3 Å². The summed E-state index contributed by atoms with van der Waals surface area (Å²) in [5.41, 5.74) is 1.67. The molecule has 1 unspecified atom stereocenters. The molecule has 0 aromatic heterocycles. The second-order valence-electron chi connectivity index (χ2n) is 6.16. The summed E-state index contributed by atoms with van der Waals surface area (Å²) in [5.74, 6) is 0.956. The molecule has 1 aromatic rings. The van der Waals surface area contributed by atoms with Crippen LogP contribution in [0.1, 0.15) is 30.0 Å². The lowest BCUT2D eigenvalue weighted by molar-refractivity contribution is -0.145. The first-order chi connectivity index (χ1) is 10.1. The fourth-order valence-corrected chi connectivity index (χ4v) is 3.13. The molecule has 1 N–H and O–H groups in total. The Balaban J connectivity index is 1.59. The first kappa shape index (κ1) is 12.7. The molecule has 21 heavy (non-hydrogen) atoms. The van der Waals surface area contributed by atoms with Gasteiger partial charge in [-0.1, -0.05) is 6.07 Å². The minimum absolute atomic E-state index is 0.0142. The van der Waals surface area contributed by atoms with Crippen LogP contribution in [0.5, 0.6) is 5.75 Å². The van der Waals surface area contributed by atoms with Crippen molar-refractivity contribution in [1.82, 2.24) is 5.32 Å². The maximum Gasteiger partial charge on any atom is 0.333 e. The number of esters is 1. The molecule has 2 aliphatic carbocycles. The first-order valence-electron chi connectivity index (χ1n) is 7.28. The molecule has 5 heteroatoms. The van der Waals surface area contributed by atoms with Gasteiger partial charge in [0.05, 0.1) is 19.1 Å². The van der Waals surface area contributed by atoms with Crippen LogP contribution < -0.4 is 10.1 Å². The second-order valence-corrected chi connectivity index (χ2v) is 6.16. The Kier molecular flexibility index (Phi) is 2.55. The Hall–Kier alpha value is -2.04. The number of fused-ring (bicyclic) bond motifs is 2. The van der Waals surface area contributed by atoms with Crippen molar-refractivity contribution in [2.24, 2.45) is 11.3 Å². The number of hydrogen-bond donors (Lipinski definition) is 1. The fraction of sp³-hybridized carbons (Fsp3) is 0.500. The third-order valence-electron chi connectivity index (χ3n) is 4.89. The van der Waals surface area contributed by atoms with Crippen molar-refractivity contribution in [3.8, 4) is 5.75 Å². The van der Waals surface area contributed by atoms with Crippen LogP contribution in [-0.4, -0.2) is 25.6 Å². The van der Waals surface area contributed by atoms with Gasteiger partial charge >= 0.3 is 5.97 Å². The van der Waals surface area contributed by atoms with Gasteiger partial charge in [-0.05, 0) is 42.0 Å². The summed E-state index contributed by atoms with van der Waals surface area (Å²) < 4.78 is 10.3. The molecule has 3 aliphatic rings. The quantitative estimate of drug-likeness (QED) is 0.849. The van der Waals surface area contributed by atoms with E-state index in [9.17, 15) is 9.59 Å². The van der Waals surface area contributed by atoms with E-state index in [1.54, 1.807) is 0 Å². The van der Waals surface area contributed by atoms with E-state index >= 15 is 0 Å². The Morgan fingerprint density at radius 1 is 1.43 bits per heavy atom. The lowest BCUT2D eigenvalue weighted by atomic mass is 10.0. The molecule has 4 rings (SSSR count). The van der Waals surface area contributed by atoms with Crippen molar-refractivity contribution < 1.29 is 19.1 Å². The van der Waals surface area contributed by atoms with Gasteiger partial charge in [0.25, 0.3) is 0 Å². The van der Waals surface area contributed by atoms with Crippen LogP contribution in [0.3, 0.4) is 0 Å². The van der Waals surface area contributed by atoms with Gasteiger partial charge < -0.3 is 14.8 Å². The highest BCUT2D eigenvalue weighted by Gasteiger charge is 2.74. The molecule has 5 nitrogen and oxygen atoms in total. The molecular weight excluding hydrogens is 270 g/mol. The van der Waals surface area contributed by atoms with E-state index in [-0.39, 0.29) is 11.3 Å². The van der Waals surface area contributed by atoms with Crippen molar-refractivity contribution >= 4 is 11.9 Å². The second kappa shape index (κ2) is 4.23. The van der Waals surface area contributed by atoms with E-state index in [1.807, 2.05) is 18.2 Å². The summed E-state index contributed by atoms with van der Waals surface area (Å²) in [6, 6.07) is 4.87. The van der Waals surface area contributed by atoms with Gasteiger partial charge in [-0.2, -0.15) is 0 Å². The standard InChI is InChI=1S/C16H17NO4/c1-20-14(18)13(17-15(19)16-7-11(16)8-16)10-2-3-12-9(6-10)4-5-21-12/h2-3,6,11,13H,4-5,7-8H2,1H3,(H,17,19). The minimum Gasteiger partial charge on any atom is -0.493 e. The van der Waals surface area contributed by atoms with Crippen molar-refractivity contribution in [1.29, 1.82) is 0 Å². The zero-order valence-corrected chi connectivity index (χ0v) is 11.8. The van der Waals surface area contributed by atoms with E-state index < -0.39 is 12.0 Å². The maximum absolute atomic E-state index is 12.3. The number of rotatable bonds is 4. The van der Waals surface area contributed by atoms with E-state index in [1.165, 1.54) is 7.11 Å². The van der Waals surface area contributed by atoms with E-state index in [2.05, 4.69) is 5.32 Å². The number of nitrogens with one attached hydrogen (secondary N) is 1. The van der Waals surface area contributed by atoms with Gasteiger partial charge in [0.1, 0.15) is 5.75 Å². The van der Waals surface area contributed by atoms with Crippen LogP contribution in [0, 0.1) is 11.3 Å². The maximum atomic E-state index is 12.3. The van der Waals surface area contributed by atoms with E-state index in [0.717, 1.165) is 36.1 Å². The molecule has 0 saturated heterocycles. The Bertz CT molecular complexity index is 633. The van der Waals surface area contributed by atoms with E-state index in [4.69, 9.17) is 9.47 Å². The van der Waals surface area contributed by atoms with Crippen LogP contribution in [0.2, 0.25) is 0 Å². The smallest absolute Gasteiger partial charge is 0.333 e. The highest BCUT2D eigenvalue weighted by molar-refractivity contribution is 5.93. The summed E-state index contributed by atoms with van der Waals surface area (Å²) in [7, 11) is 1.34. The van der Waals surface area contributed by atoms with E-state index in [0.29, 0.717) is 12.5 Å². The number of carbonyl (C=O) groups excluding carboxylic acids is 2. The van der Waals surface area contributed by atoms with Gasteiger partial charge in [-0.15, -0.1) is 0 Å². The minimum atomic E-state index is -0.732. The van der Waals surface area contributed by atoms with Crippen LogP contribution in [0.25, 0.3) is 0 Å². The molecule has 2 fully saturated rings. The monoisotopic (exact) mass is 287 g/mol. The average molecular weight is 287 g/mol. The average Bonchev–Trinajstić information content (AvgIpc) is 3.30. The third-order valence-corrected chi connectivity index (χ3v) is 4.89. The zero-order chi connectivity index (χ0) is 14.6. The molecule has 1 amide bonds. The fourth-order valence-electron chi connectivity index (χ4n) is 3.13. The molecule has 1 heterocycles. The van der Waals surface area contributed by atoms with Gasteiger partial charge in [0.15, 0.2) is 6.04 Å². The predicted octanol–water partition coefficient (Wildman–Crippen LogP) is 1.36. The van der Waals surface area contributed by atoms with Crippen LogP contribution in [-0.2, 0) is 20.7 Å². The van der Waals surface area contributed by atoms with Crippen molar-refractivity contribution in [2.75, 3.05) is 13.7 Å². The molecule has 0 bridgehead atoms. The zero-order valence-electron chi connectivity index (χ0n) is 11.8. The molecular formula is C16H17NO4. The highest BCUT2D eigenvalue weighted by atomic mass is 16.5. The molecule has 1 atom stereocenters. The van der Waals surface area contributed by atoms with Crippen molar-refractivity contribution in [3.63, 3.8) is 0 Å². The summed E-state index contributed by atoms with van der Waals surface area (Å²) >= 11 is 0. The van der Waals surface area contributed by atoms with Gasteiger partial charge in [-0.25, -0.2) is 4.79 Å². The Labute approximate surface area is 122 Å². The molecule has 1 aliphatic heterocycles. The number of benzene rings is 1. The highest BCUT2D eigenvalue weighted by Crippen LogP contribution is 2.75. The molecule has 110 valence electrons. The number of amides is 1. The van der Waals surface area contributed by atoms with Gasteiger partial charge in [0.2, 0.25) is 5.91 Å². The van der Waals surface area contributed by atoms with Crippen LogP contribution >= 0.6 is 0 Å². The SMILES string of the molecule is COC(=O)C(NC(=O)C12CC1C2)c1ccc2c(c1)CCO2. The first-order valence-corrected chi connectivity index (χ1v) is 7.28. The topological polar surface area (TPSA) is 64.6 Å². The van der Waals surface area contributed by atoms with Crippen LogP contribution in [0.15, 0.2) is 18.2 Å². The lowest BCUT2D eigenvalue weighted by Gasteiger charge is -2.18. The Morgan fingerprint density at radius 3 is 2.86 bits per heavy atom. The molecule has 0 radical (unpaired) electrons. The van der Waals surface area contributed by atoms with Crippen LogP contribution in [0.4, 0.5) is 0 Å². The lowest BCUT2D eigenvalue weighted by Crippen LogP contribution is -2.37. The number of ether oxygens (including phenoxy) is 2. The molecule has 1 aromatic carbocycles. The predicted molar refractivity (Wildman–Crippen MR) is 73.7 cm³/mol. The van der Waals surface area contributed by atoms with Gasteiger partial charge in [0, 0.05) is 6.42 Å². The number of hydrogen-bond acceptors (Lipinski definition) is 4. The number of carbonyl (C=O) groups is 2. The summed E-state index contributed by atoms with van der Waals surface area (Å²) in [5, 5.41) is 2.86. The number of methoxy groups -OCH3 is 1. The Morgan fingerprint density at radius 2 is 2.19 bits per heavy atom. The third kappa shape index (κ3) is 1.91. The summed E-state index contributed by atoms with van der Waals surface area (Å²) in [4.78, 5) is 24.3. The normalized spacial score (nSPS) is 28.7. The molecule has 0 spiro atoms. The van der Waals surface area contributed by atoms with Crippen molar-refractivity contribution in [3.05, 3.63) is 29.3 Å². The largest absolute Gasteiger partial charge is 0.493 e. The molecule has 2 saturated carbocycles. The van der Waals surface area contributed by atoms with Gasteiger partial charge in [-0.3, -0.25) is 4.79 Å². The summed E-state index contributed by atoms with van der Waals surface area (Å²) in [6.45, 7) is 0.666. The summed E-state index contributed by atoms with van der Waals surface area (Å²) in [6.07, 6.45) is 2.76.